The van der Waals surface area contributed by atoms with Crippen LogP contribution in [0, 0.1) is 5.92 Å². The average molecular weight is 410 g/mol. The van der Waals surface area contributed by atoms with Gasteiger partial charge in [-0.1, -0.05) is 26.3 Å². The first-order valence-electron chi connectivity index (χ1n) is 9.97. The molecule has 0 unspecified atom stereocenters. The molecule has 7 nitrogen and oxygen atoms in total. The second-order valence-electron chi connectivity index (χ2n) is 7.32. The largest absolute Gasteiger partial charge is 0.353 e. The van der Waals surface area contributed by atoms with Crippen LogP contribution < -0.4 is 10.0 Å². The summed E-state index contributed by atoms with van der Waals surface area (Å²) in [6.45, 7) is 6.97. The second kappa shape index (κ2) is 10.0. The zero-order chi connectivity index (χ0) is 20.7. The summed E-state index contributed by atoms with van der Waals surface area (Å²) in [6.07, 6.45) is 3.43. The van der Waals surface area contributed by atoms with Crippen LogP contribution >= 0.6 is 0 Å². The summed E-state index contributed by atoms with van der Waals surface area (Å²) in [5, 5.41) is 3.03. The van der Waals surface area contributed by atoms with Crippen LogP contribution in [0.5, 0.6) is 0 Å². The Bertz CT molecular complexity index is 794. The Morgan fingerprint density at radius 3 is 2.71 bits per heavy atom. The van der Waals surface area contributed by atoms with E-state index in [1.165, 1.54) is 12.1 Å². The quantitative estimate of drug-likeness (QED) is 0.688. The average Bonchev–Trinajstić information content (AvgIpc) is 2.67. The molecule has 2 amide bonds. The smallest absolute Gasteiger partial charge is 0.253 e. The molecule has 0 saturated carbocycles. The number of likely N-dealkylation sites (tertiary alicyclic amines) is 1. The van der Waals surface area contributed by atoms with Gasteiger partial charge in [0.1, 0.15) is 0 Å². The Kier molecular flexibility index (Phi) is 8.00. The Balaban J connectivity index is 2.09. The zero-order valence-corrected chi connectivity index (χ0v) is 17.7. The molecule has 2 rings (SSSR count). The van der Waals surface area contributed by atoms with Gasteiger partial charge in [0.15, 0.2) is 0 Å². The Morgan fingerprint density at radius 2 is 2.04 bits per heavy atom. The van der Waals surface area contributed by atoms with E-state index in [2.05, 4.69) is 17.0 Å². The number of carbonyl (C=O) groups excluding carboxylic acids is 2. The summed E-state index contributed by atoms with van der Waals surface area (Å²) in [5.41, 5.74) is 0.319. The summed E-state index contributed by atoms with van der Waals surface area (Å²) >= 11 is 0. The first-order valence-corrected chi connectivity index (χ1v) is 11.5. The van der Waals surface area contributed by atoms with Crippen molar-refractivity contribution >= 4 is 21.8 Å². The summed E-state index contributed by atoms with van der Waals surface area (Å²) in [5.74, 6) is -0.486. The Labute approximate surface area is 167 Å². The third kappa shape index (κ3) is 5.78. The number of benzene rings is 1. The fourth-order valence-corrected chi connectivity index (χ4v) is 4.58. The maximum Gasteiger partial charge on any atom is 0.253 e. The van der Waals surface area contributed by atoms with Crippen molar-refractivity contribution in [2.75, 3.05) is 19.6 Å². The highest BCUT2D eigenvalue weighted by Gasteiger charge is 2.29. The molecular weight excluding hydrogens is 378 g/mol. The number of nitrogens with zero attached hydrogens (tertiary/aromatic N) is 1. The molecule has 156 valence electrons. The molecular formula is C20H31N3O4S. The second-order valence-corrected chi connectivity index (χ2v) is 9.08. The van der Waals surface area contributed by atoms with Crippen LogP contribution in [0.15, 0.2) is 29.2 Å². The molecule has 0 aromatic heterocycles. The van der Waals surface area contributed by atoms with Crippen LogP contribution in [-0.2, 0) is 14.8 Å². The van der Waals surface area contributed by atoms with Crippen molar-refractivity contribution in [2.45, 2.75) is 57.4 Å². The highest BCUT2D eigenvalue weighted by atomic mass is 32.2. The molecule has 0 radical (unpaired) electrons. The fourth-order valence-electron chi connectivity index (χ4n) is 3.49. The number of hydrogen-bond acceptors (Lipinski definition) is 4. The van der Waals surface area contributed by atoms with Crippen LogP contribution in [-0.4, -0.2) is 50.8 Å². The van der Waals surface area contributed by atoms with Crippen LogP contribution in [0.2, 0.25) is 0 Å². The third-order valence-electron chi connectivity index (χ3n) is 4.92. The van der Waals surface area contributed by atoms with E-state index in [0.29, 0.717) is 18.7 Å². The van der Waals surface area contributed by atoms with Gasteiger partial charge in [-0.05, 0) is 44.4 Å². The molecule has 1 aliphatic heterocycles. The lowest BCUT2D eigenvalue weighted by Gasteiger charge is -2.32. The van der Waals surface area contributed by atoms with Gasteiger partial charge in [-0.15, -0.1) is 0 Å². The summed E-state index contributed by atoms with van der Waals surface area (Å²) in [4.78, 5) is 27.1. The first kappa shape index (κ1) is 22.4. The summed E-state index contributed by atoms with van der Waals surface area (Å²) < 4.78 is 26.8. The lowest BCUT2D eigenvalue weighted by Crippen LogP contribution is -2.47. The van der Waals surface area contributed by atoms with Crippen molar-refractivity contribution in [2.24, 2.45) is 5.92 Å². The summed E-state index contributed by atoms with van der Waals surface area (Å²) in [7, 11) is -3.63. The van der Waals surface area contributed by atoms with Gasteiger partial charge in [-0.2, -0.15) is 0 Å². The number of sulfonamides is 1. The summed E-state index contributed by atoms with van der Waals surface area (Å²) in [6, 6.07) is 6.17. The zero-order valence-electron chi connectivity index (χ0n) is 16.9. The van der Waals surface area contributed by atoms with E-state index >= 15 is 0 Å². The molecule has 1 heterocycles. The monoisotopic (exact) mass is 409 g/mol. The van der Waals surface area contributed by atoms with Gasteiger partial charge in [0.05, 0.1) is 10.8 Å². The standard InChI is InChI=1S/C20H31N3O4S/c1-4-8-15(3)22-19(24)17-10-7-12-23(14-17)20(25)16-9-6-11-18(13-16)28(26,27)21-5-2/h6,9,11,13,15,17,21H,4-5,7-8,10,12,14H2,1-3H3,(H,22,24)/t15-,17-/m1/s1. The van der Waals surface area contributed by atoms with Gasteiger partial charge in [-0.25, -0.2) is 13.1 Å². The molecule has 28 heavy (non-hydrogen) atoms. The topological polar surface area (TPSA) is 95.6 Å². The molecule has 1 aliphatic rings. The van der Waals surface area contributed by atoms with Crippen molar-refractivity contribution in [1.29, 1.82) is 0 Å². The van der Waals surface area contributed by atoms with E-state index in [4.69, 9.17) is 0 Å². The maximum atomic E-state index is 12.9. The molecule has 2 N–H and O–H groups in total. The van der Waals surface area contributed by atoms with Crippen LogP contribution in [0.4, 0.5) is 0 Å². The number of piperidine rings is 1. The molecule has 2 atom stereocenters. The van der Waals surface area contributed by atoms with E-state index in [-0.39, 0.29) is 35.2 Å². The lowest BCUT2D eigenvalue weighted by atomic mass is 9.96. The third-order valence-corrected chi connectivity index (χ3v) is 6.46. The first-order chi connectivity index (χ1) is 13.3. The minimum atomic E-state index is -3.63. The molecule has 0 spiro atoms. The van der Waals surface area contributed by atoms with E-state index in [0.717, 1.165) is 25.7 Å². The number of nitrogens with one attached hydrogen (secondary N) is 2. The number of rotatable bonds is 8. The predicted octanol–water partition coefficient (Wildman–Crippen LogP) is 2.14. The van der Waals surface area contributed by atoms with Crippen molar-refractivity contribution < 1.29 is 18.0 Å². The SMILES string of the molecule is CCC[C@@H](C)NC(=O)[C@@H]1CCCN(C(=O)c2cccc(S(=O)(=O)NCC)c2)C1. The molecule has 0 bridgehead atoms. The fraction of sp³-hybridized carbons (Fsp3) is 0.600. The molecule has 8 heteroatoms. The van der Waals surface area contributed by atoms with E-state index in [1.807, 2.05) is 6.92 Å². The van der Waals surface area contributed by atoms with Crippen molar-refractivity contribution in [1.82, 2.24) is 14.9 Å². The highest BCUT2D eigenvalue weighted by Crippen LogP contribution is 2.20. The Hall–Kier alpha value is -1.93. The normalized spacial score (nSPS) is 18.5. The van der Waals surface area contributed by atoms with Crippen molar-refractivity contribution in [3.63, 3.8) is 0 Å². The van der Waals surface area contributed by atoms with Crippen LogP contribution in [0.25, 0.3) is 0 Å². The van der Waals surface area contributed by atoms with Gasteiger partial charge in [-0.3, -0.25) is 9.59 Å². The number of carbonyl (C=O) groups is 2. The number of hydrogen-bond donors (Lipinski definition) is 2. The van der Waals surface area contributed by atoms with Gasteiger partial charge in [0.25, 0.3) is 5.91 Å². The van der Waals surface area contributed by atoms with Crippen LogP contribution in [0.1, 0.15) is 56.8 Å². The minimum Gasteiger partial charge on any atom is -0.353 e. The molecule has 1 aromatic rings. The lowest BCUT2D eigenvalue weighted by molar-refractivity contribution is -0.127. The van der Waals surface area contributed by atoms with Crippen molar-refractivity contribution in [3.8, 4) is 0 Å². The minimum absolute atomic E-state index is 0.0121. The van der Waals surface area contributed by atoms with Gasteiger partial charge in [0, 0.05) is 31.2 Å². The van der Waals surface area contributed by atoms with E-state index in [9.17, 15) is 18.0 Å². The van der Waals surface area contributed by atoms with E-state index < -0.39 is 10.0 Å². The van der Waals surface area contributed by atoms with Crippen molar-refractivity contribution in [3.05, 3.63) is 29.8 Å². The van der Waals surface area contributed by atoms with Crippen LogP contribution in [0.3, 0.4) is 0 Å². The Morgan fingerprint density at radius 1 is 1.29 bits per heavy atom. The number of amides is 2. The molecule has 0 aliphatic carbocycles. The van der Waals surface area contributed by atoms with E-state index in [1.54, 1.807) is 24.0 Å². The van der Waals surface area contributed by atoms with Gasteiger partial charge < -0.3 is 10.2 Å². The maximum absolute atomic E-state index is 12.9. The van der Waals surface area contributed by atoms with Gasteiger partial charge in [0.2, 0.25) is 15.9 Å². The molecule has 1 saturated heterocycles. The highest BCUT2D eigenvalue weighted by molar-refractivity contribution is 7.89. The molecule has 1 fully saturated rings. The van der Waals surface area contributed by atoms with Gasteiger partial charge >= 0.3 is 0 Å². The molecule has 1 aromatic carbocycles. The predicted molar refractivity (Wildman–Crippen MR) is 108 cm³/mol.